The van der Waals surface area contributed by atoms with E-state index in [-0.39, 0.29) is 12.3 Å². The second-order valence-corrected chi connectivity index (χ2v) is 4.71. The molecular formula is C14H14N2O2. The van der Waals surface area contributed by atoms with Gasteiger partial charge >= 0.3 is 0 Å². The second-order valence-electron chi connectivity index (χ2n) is 4.71. The molecule has 1 aliphatic rings. The van der Waals surface area contributed by atoms with Gasteiger partial charge in [-0.15, -0.1) is 0 Å². The van der Waals surface area contributed by atoms with E-state index in [1.165, 1.54) is 0 Å². The van der Waals surface area contributed by atoms with E-state index in [0.717, 1.165) is 17.1 Å². The number of carbonyl (C=O) groups is 1. The number of hydrogen-bond acceptors (Lipinski definition) is 2. The standard InChI is InChI=1S/C14H14N2O2/c1-14(9-13(15)17)12-7-4-8-16(12)10-5-2-3-6-11(10)18-14/h2-8H,9H2,1H3,(H2,15,17). The molecule has 2 heterocycles. The molecule has 1 atom stereocenters. The molecule has 18 heavy (non-hydrogen) atoms. The van der Waals surface area contributed by atoms with E-state index in [1.54, 1.807) is 0 Å². The monoisotopic (exact) mass is 242 g/mol. The maximum absolute atomic E-state index is 11.2. The Hall–Kier alpha value is -2.23. The van der Waals surface area contributed by atoms with E-state index >= 15 is 0 Å². The highest BCUT2D eigenvalue weighted by atomic mass is 16.5. The summed E-state index contributed by atoms with van der Waals surface area (Å²) in [6.45, 7) is 1.89. The Morgan fingerprint density at radius 1 is 1.33 bits per heavy atom. The third-order valence-corrected chi connectivity index (χ3v) is 3.26. The molecule has 2 aromatic rings. The topological polar surface area (TPSA) is 57.3 Å². The third kappa shape index (κ3) is 1.49. The average Bonchev–Trinajstić information content (AvgIpc) is 2.78. The molecule has 1 aromatic carbocycles. The maximum Gasteiger partial charge on any atom is 0.221 e. The van der Waals surface area contributed by atoms with E-state index in [9.17, 15) is 4.79 Å². The quantitative estimate of drug-likeness (QED) is 0.875. The Labute approximate surface area is 105 Å². The SMILES string of the molecule is CC1(CC(N)=O)Oc2ccccc2-n2cccc21. The molecule has 0 bridgehead atoms. The first-order valence-electron chi connectivity index (χ1n) is 5.85. The Kier molecular flexibility index (Phi) is 2.20. The molecule has 4 nitrogen and oxygen atoms in total. The molecule has 92 valence electrons. The summed E-state index contributed by atoms with van der Waals surface area (Å²) in [6, 6.07) is 11.7. The first-order chi connectivity index (χ1) is 8.60. The maximum atomic E-state index is 11.2. The van der Waals surface area contributed by atoms with Crippen molar-refractivity contribution >= 4 is 5.91 Å². The first-order valence-corrected chi connectivity index (χ1v) is 5.85. The van der Waals surface area contributed by atoms with E-state index in [2.05, 4.69) is 0 Å². The van der Waals surface area contributed by atoms with Gasteiger partial charge in [0, 0.05) is 6.20 Å². The fraction of sp³-hybridized carbons (Fsp3) is 0.214. The van der Waals surface area contributed by atoms with Crippen molar-refractivity contribution in [3.63, 3.8) is 0 Å². The number of benzene rings is 1. The predicted molar refractivity (Wildman–Crippen MR) is 67.6 cm³/mol. The zero-order valence-electron chi connectivity index (χ0n) is 10.1. The lowest BCUT2D eigenvalue weighted by Gasteiger charge is -2.36. The first kappa shape index (κ1) is 10.9. The Bertz CT molecular complexity index is 618. The largest absolute Gasteiger partial charge is 0.479 e. The van der Waals surface area contributed by atoms with Crippen molar-refractivity contribution in [3.8, 4) is 11.4 Å². The molecule has 1 amide bonds. The molecule has 0 fully saturated rings. The lowest BCUT2D eigenvalue weighted by molar-refractivity contribution is -0.122. The number of rotatable bonds is 2. The van der Waals surface area contributed by atoms with Crippen LogP contribution in [-0.4, -0.2) is 10.5 Å². The number of ether oxygens (including phenoxy) is 1. The summed E-state index contributed by atoms with van der Waals surface area (Å²) >= 11 is 0. The highest BCUT2D eigenvalue weighted by Crippen LogP contribution is 2.40. The Balaban J connectivity index is 2.18. The molecule has 4 heteroatoms. The van der Waals surface area contributed by atoms with Crippen LogP contribution in [0.4, 0.5) is 0 Å². The molecule has 1 aliphatic heterocycles. The smallest absolute Gasteiger partial charge is 0.221 e. The molecular weight excluding hydrogens is 228 g/mol. The molecule has 0 radical (unpaired) electrons. The number of primary amides is 1. The van der Waals surface area contributed by atoms with Crippen LogP contribution in [0.1, 0.15) is 19.0 Å². The summed E-state index contributed by atoms with van der Waals surface area (Å²) in [5, 5.41) is 0. The number of fused-ring (bicyclic) bond motifs is 3. The Morgan fingerprint density at radius 3 is 2.89 bits per heavy atom. The average molecular weight is 242 g/mol. The highest BCUT2D eigenvalue weighted by molar-refractivity contribution is 5.75. The number of amides is 1. The lowest BCUT2D eigenvalue weighted by atomic mass is 9.95. The van der Waals surface area contributed by atoms with Gasteiger partial charge in [0.05, 0.1) is 17.8 Å². The van der Waals surface area contributed by atoms with Gasteiger partial charge in [0.25, 0.3) is 0 Å². The van der Waals surface area contributed by atoms with Gasteiger partial charge in [-0.25, -0.2) is 0 Å². The molecule has 3 rings (SSSR count). The minimum atomic E-state index is -0.705. The van der Waals surface area contributed by atoms with Crippen LogP contribution in [0.5, 0.6) is 5.75 Å². The minimum absolute atomic E-state index is 0.158. The van der Waals surface area contributed by atoms with Crippen LogP contribution in [0.25, 0.3) is 5.69 Å². The fourth-order valence-electron chi connectivity index (χ4n) is 2.52. The zero-order chi connectivity index (χ0) is 12.8. The van der Waals surface area contributed by atoms with Crippen molar-refractivity contribution in [1.82, 2.24) is 4.57 Å². The summed E-state index contributed by atoms with van der Waals surface area (Å²) in [5.41, 5.74) is 6.55. The van der Waals surface area contributed by atoms with Crippen LogP contribution in [0.15, 0.2) is 42.6 Å². The number of para-hydroxylation sites is 2. The number of carbonyl (C=O) groups excluding carboxylic acids is 1. The van der Waals surface area contributed by atoms with Crippen LogP contribution in [0.3, 0.4) is 0 Å². The van der Waals surface area contributed by atoms with Gasteiger partial charge in [-0.05, 0) is 31.2 Å². The number of aromatic nitrogens is 1. The molecule has 0 saturated heterocycles. The molecule has 1 aromatic heterocycles. The van der Waals surface area contributed by atoms with Crippen molar-refractivity contribution in [1.29, 1.82) is 0 Å². The van der Waals surface area contributed by atoms with Crippen molar-refractivity contribution in [2.24, 2.45) is 5.73 Å². The third-order valence-electron chi connectivity index (χ3n) is 3.26. The zero-order valence-corrected chi connectivity index (χ0v) is 10.1. The van der Waals surface area contributed by atoms with Crippen LogP contribution in [0, 0.1) is 0 Å². The number of nitrogens with zero attached hydrogens (tertiary/aromatic N) is 1. The van der Waals surface area contributed by atoms with Gasteiger partial charge in [0.1, 0.15) is 5.75 Å². The normalized spacial score (nSPS) is 20.7. The Morgan fingerprint density at radius 2 is 2.11 bits per heavy atom. The van der Waals surface area contributed by atoms with Gasteiger partial charge in [0.15, 0.2) is 5.60 Å². The van der Waals surface area contributed by atoms with Gasteiger partial charge in [0.2, 0.25) is 5.91 Å². The van der Waals surface area contributed by atoms with Crippen molar-refractivity contribution < 1.29 is 9.53 Å². The highest BCUT2D eigenvalue weighted by Gasteiger charge is 2.38. The second kappa shape index (κ2) is 3.63. The van der Waals surface area contributed by atoms with Crippen LogP contribution >= 0.6 is 0 Å². The molecule has 0 aliphatic carbocycles. The van der Waals surface area contributed by atoms with Crippen molar-refractivity contribution in [2.45, 2.75) is 18.9 Å². The number of nitrogens with two attached hydrogens (primary N) is 1. The van der Waals surface area contributed by atoms with Crippen LogP contribution in [0.2, 0.25) is 0 Å². The summed E-state index contributed by atoms with van der Waals surface area (Å²) in [5.74, 6) is 0.398. The van der Waals surface area contributed by atoms with Crippen molar-refractivity contribution in [2.75, 3.05) is 0 Å². The van der Waals surface area contributed by atoms with Gasteiger partial charge in [-0.1, -0.05) is 12.1 Å². The number of hydrogen-bond donors (Lipinski definition) is 1. The van der Waals surface area contributed by atoms with E-state index < -0.39 is 5.60 Å². The van der Waals surface area contributed by atoms with E-state index in [0.29, 0.717) is 0 Å². The molecule has 1 unspecified atom stereocenters. The van der Waals surface area contributed by atoms with Crippen LogP contribution < -0.4 is 10.5 Å². The van der Waals surface area contributed by atoms with Crippen molar-refractivity contribution in [3.05, 3.63) is 48.3 Å². The van der Waals surface area contributed by atoms with Gasteiger partial charge in [-0.3, -0.25) is 4.79 Å². The fourth-order valence-corrected chi connectivity index (χ4v) is 2.52. The lowest BCUT2D eigenvalue weighted by Crippen LogP contribution is -2.39. The van der Waals surface area contributed by atoms with E-state index in [1.807, 2.05) is 54.1 Å². The molecule has 0 saturated carbocycles. The molecule has 0 spiro atoms. The van der Waals surface area contributed by atoms with Gasteiger partial charge in [-0.2, -0.15) is 0 Å². The van der Waals surface area contributed by atoms with Gasteiger partial charge < -0.3 is 15.0 Å². The summed E-state index contributed by atoms with van der Waals surface area (Å²) in [4.78, 5) is 11.2. The molecule has 2 N–H and O–H groups in total. The summed E-state index contributed by atoms with van der Waals surface area (Å²) in [6.07, 6.45) is 2.13. The summed E-state index contributed by atoms with van der Waals surface area (Å²) in [7, 11) is 0. The van der Waals surface area contributed by atoms with Crippen LogP contribution in [-0.2, 0) is 10.4 Å². The summed E-state index contributed by atoms with van der Waals surface area (Å²) < 4.78 is 8.04. The predicted octanol–water partition coefficient (Wildman–Crippen LogP) is 1.96. The minimum Gasteiger partial charge on any atom is -0.479 e. The van der Waals surface area contributed by atoms with E-state index in [4.69, 9.17) is 10.5 Å².